The van der Waals surface area contributed by atoms with E-state index in [1.165, 1.54) is 25.3 Å². The molecular formula is C20H27N3O2. The number of amides is 2. The van der Waals surface area contributed by atoms with Crippen LogP contribution in [0.2, 0.25) is 0 Å². The van der Waals surface area contributed by atoms with E-state index >= 15 is 0 Å². The summed E-state index contributed by atoms with van der Waals surface area (Å²) in [5, 5.41) is 3.07. The molecule has 0 radical (unpaired) electrons. The first-order valence-electron chi connectivity index (χ1n) is 9.22. The Bertz CT molecular complexity index is 638. The Morgan fingerprint density at radius 3 is 2.68 bits per heavy atom. The van der Waals surface area contributed by atoms with E-state index in [0.717, 1.165) is 37.3 Å². The molecule has 1 aromatic carbocycles. The molecule has 25 heavy (non-hydrogen) atoms. The highest BCUT2D eigenvalue weighted by Crippen LogP contribution is 2.24. The maximum Gasteiger partial charge on any atom is 0.253 e. The number of hydrogen-bond acceptors (Lipinski definition) is 3. The van der Waals surface area contributed by atoms with E-state index in [1.807, 2.05) is 24.3 Å². The van der Waals surface area contributed by atoms with Crippen molar-refractivity contribution in [3.63, 3.8) is 0 Å². The van der Waals surface area contributed by atoms with E-state index in [-0.39, 0.29) is 11.8 Å². The molecule has 5 nitrogen and oxygen atoms in total. The summed E-state index contributed by atoms with van der Waals surface area (Å²) in [7, 11) is 0. The van der Waals surface area contributed by atoms with E-state index in [9.17, 15) is 9.59 Å². The van der Waals surface area contributed by atoms with Crippen LogP contribution in [0.3, 0.4) is 0 Å². The second kappa shape index (κ2) is 8.19. The summed E-state index contributed by atoms with van der Waals surface area (Å²) in [5.74, 6) is 0.272. The van der Waals surface area contributed by atoms with Crippen molar-refractivity contribution >= 4 is 17.5 Å². The Labute approximate surface area is 149 Å². The number of nitrogens with one attached hydrogen (secondary N) is 1. The lowest BCUT2D eigenvalue weighted by atomic mass is 10.1. The molecule has 134 valence electrons. The SMILES string of the molecule is C=CC(=O)N1CC[C@@H](CNC(=O)c2ccccc2N2CCCCC2)C1. The maximum atomic E-state index is 12.7. The van der Waals surface area contributed by atoms with Gasteiger partial charge in [-0.15, -0.1) is 0 Å². The first kappa shape index (κ1) is 17.5. The number of para-hydroxylation sites is 1. The fourth-order valence-electron chi connectivity index (χ4n) is 3.74. The standard InChI is InChI=1S/C20H27N3O2/c1-2-19(24)23-13-10-16(15-23)14-21-20(25)17-8-4-5-9-18(17)22-11-6-3-7-12-22/h2,4-5,8-9,16H,1,3,6-7,10-15H2,(H,21,25)/t16-/m0/s1. The molecule has 0 aromatic heterocycles. The van der Waals surface area contributed by atoms with Gasteiger partial charge in [0.25, 0.3) is 5.91 Å². The number of rotatable bonds is 5. The molecule has 0 aliphatic carbocycles. The number of piperidine rings is 1. The minimum absolute atomic E-state index is 0.0188. The minimum atomic E-state index is -0.0238. The number of benzene rings is 1. The molecular weight excluding hydrogens is 314 g/mol. The van der Waals surface area contributed by atoms with Crippen LogP contribution in [-0.2, 0) is 4.79 Å². The van der Waals surface area contributed by atoms with E-state index in [2.05, 4.69) is 16.8 Å². The molecule has 1 N–H and O–H groups in total. The van der Waals surface area contributed by atoms with Crippen molar-refractivity contribution in [1.82, 2.24) is 10.2 Å². The lowest BCUT2D eigenvalue weighted by Gasteiger charge is -2.30. The number of anilines is 1. The third-order valence-electron chi connectivity index (χ3n) is 5.17. The fraction of sp³-hybridized carbons (Fsp3) is 0.500. The van der Waals surface area contributed by atoms with E-state index in [0.29, 0.717) is 19.0 Å². The molecule has 1 atom stereocenters. The van der Waals surface area contributed by atoms with Crippen LogP contribution < -0.4 is 10.2 Å². The maximum absolute atomic E-state index is 12.7. The first-order valence-corrected chi connectivity index (χ1v) is 9.22. The number of nitrogens with zero attached hydrogens (tertiary/aromatic N) is 2. The zero-order valence-electron chi connectivity index (χ0n) is 14.7. The van der Waals surface area contributed by atoms with Crippen LogP contribution in [0.25, 0.3) is 0 Å². The molecule has 2 amide bonds. The van der Waals surface area contributed by atoms with Gasteiger partial charge in [-0.2, -0.15) is 0 Å². The van der Waals surface area contributed by atoms with E-state index in [4.69, 9.17) is 0 Å². The number of likely N-dealkylation sites (tertiary alicyclic amines) is 1. The Hall–Kier alpha value is -2.30. The van der Waals surface area contributed by atoms with Gasteiger partial charge in [-0.1, -0.05) is 18.7 Å². The van der Waals surface area contributed by atoms with Crippen molar-refractivity contribution in [1.29, 1.82) is 0 Å². The molecule has 1 aromatic rings. The van der Waals surface area contributed by atoms with Crippen LogP contribution in [0.4, 0.5) is 5.69 Å². The lowest BCUT2D eigenvalue weighted by Crippen LogP contribution is -2.35. The molecule has 0 saturated carbocycles. The van der Waals surface area contributed by atoms with Gasteiger partial charge < -0.3 is 15.1 Å². The van der Waals surface area contributed by atoms with Crippen LogP contribution >= 0.6 is 0 Å². The topological polar surface area (TPSA) is 52.7 Å². The third kappa shape index (κ3) is 4.21. The van der Waals surface area contributed by atoms with Crippen molar-refractivity contribution < 1.29 is 9.59 Å². The number of carbonyl (C=O) groups excluding carboxylic acids is 2. The normalized spacial score (nSPS) is 20.4. The number of carbonyl (C=O) groups is 2. The Kier molecular flexibility index (Phi) is 5.74. The summed E-state index contributed by atoms with van der Waals surface area (Å²) in [6.45, 7) is 7.62. The molecule has 2 saturated heterocycles. The highest BCUT2D eigenvalue weighted by molar-refractivity contribution is 5.99. The fourth-order valence-corrected chi connectivity index (χ4v) is 3.74. The minimum Gasteiger partial charge on any atom is -0.371 e. The lowest BCUT2D eigenvalue weighted by molar-refractivity contribution is -0.125. The summed E-state index contributed by atoms with van der Waals surface area (Å²) in [6.07, 6.45) is 5.92. The van der Waals surface area contributed by atoms with Crippen molar-refractivity contribution in [3.05, 3.63) is 42.5 Å². The predicted molar refractivity (Wildman–Crippen MR) is 99.7 cm³/mol. The van der Waals surface area contributed by atoms with Crippen LogP contribution in [0.1, 0.15) is 36.0 Å². The molecule has 2 fully saturated rings. The first-order chi connectivity index (χ1) is 12.2. The van der Waals surface area contributed by atoms with E-state index < -0.39 is 0 Å². The quantitative estimate of drug-likeness (QED) is 0.837. The third-order valence-corrected chi connectivity index (χ3v) is 5.17. The van der Waals surface area contributed by atoms with Crippen molar-refractivity contribution in [3.8, 4) is 0 Å². The average Bonchev–Trinajstić information content (AvgIpc) is 3.15. The Balaban J connectivity index is 1.59. The van der Waals surface area contributed by atoms with Gasteiger partial charge >= 0.3 is 0 Å². The second-order valence-electron chi connectivity index (χ2n) is 6.92. The van der Waals surface area contributed by atoms with Gasteiger partial charge in [0, 0.05) is 38.4 Å². The zero-order chi connectivity index (χ0) is 17.6. The summed E-state index contributed by atoms with van der Waals surface area (Å²) in [5.41, 5.74) is 1.79. The van der Waals surface area contributed by atoms with Crippen LogP contribution in [0, 0.1) is 5.92 Å². The largest absolute Gasteiger partial charge is 0.371 e. The second-order valence-corrected chi connectivity index (χ2v) is 6.92. The van der Waals surface area contributed by atoms with Gasteiger partial charge in [0.15, 0.2) is 0 Å². The summed E-state index contributed by atoms with van der Waals surface area (Å²) in [6, 6.07) is 7.86. The van der Waals surface area contributed by atoms with Gasteiger partial charge in [-0.05, 0) is 49.8 Å². The predicted octanol–water partition coefficient (Wildman–Crippen LogP) is 2.44. The van der Waals surface area contributed by atoms with Crippen molar-refractivity contribution in [2.45, 2.75) is 25.7 Å². The van der Waals surface area contributed by atoms with Crippen LogP contribution in [-0.4, -0.2) is 49.4 Å². The summed E-state index contributed by atoms with van der Waals surface area (Å²) in [4.78, 5) is 28.5. The molecule has 3 rings (SSSR count). The van der Waals surface area contributed by atoms with E-state index in [1.54, 1.807) is 4.90 Å². The highest BCUT2D eigenvalue weighted by Gasteiger charge is 2.25. The summed E-state index contributed by atoms with van der Waals surface area (Å²) >= 11 is 0. The van der Waals surface area contributed by atoms with Crippen molar-refractivity contribution in [2.24, 2.45) is 5.92 Å². The van der Waals surface area contributed by atoms with Crippen molar-refractivity contribution in [2.75, 3.05) is 37.6 Å². The highest BCUT2D eigenvalue weighted by atomic mass is 16.2. The molecule has 5 heteroatoms. The smallest absolute Gasteiger partial charge is 0.253 e. The van der Waals surface area contributed by atoms with Crippen LogP contribution in [0.5, 0.6) is 0 Å². The molecule has 2 aliphatic rings. The molecule has 0 spiro atoms. The Morgan fingerprint density at radius 2 is 1.92 bits per heavy atom. The molecule has 2 aliphatic heterocycles. The zero-order valence-corrected chi connectivity index (χ0v) is 14.7. The molecule has 0 bridgehead atoms. The monoisotopic (exact) mass is 341 g/mol. The summed E-state index contributed by atoms with van der Waals surface area (Å²) < 4.78 is 0. The van der Waals surface area contributed by atoms with Gasteiger partial charge in [0.1, 0.15) is 0 Å². The van der Waals surface area contributed by atoms with Gasteiger partial charge in [-0.3, -0.25) is 9.59 Å². The van der Waals surface area contributed by atoms with Gasteiger partial charge in [0.2, 0.25) is 5.91 Å². The Morgan fingerprint density at radius 1 is 1.16 bits per heavy atom. The molecule has 0 unspecified atom stereocenters. The van der Waals surface area contributed by atoms with Gasteiger partial charge in [-0.25, -0.2) is 0 Å². The molecule has 2 heterocycles. The van der Waals surface area contributed by atoms with Crippen LogP contribution in [0.15, 0.2) is 36.9 Å². The number of hydrogen-bond donors (Lipinski definition) is 1. The van der Waals surface area contributed by atoms with Gasteiger partial charge in [0.05, 0.1) is 5.56 Å². The average molecular weight is 341 g/mol.